The zero-order valence-corrected chi connectivity index (χ0v) is 10.4. The lowest BCUT2D eigenvalue weighted by atomic mass is 10.2. The van der Waals surface area contributed by atoms with Crippen LogP contribution >= 0.6 is 0 Å². The van der Waals surface area contributed by atoms with E-state index >= 15 is 0 Å². The Morgan fingerprint density at radius 2 is 1.95 bits per heavy atom. The summed E-state index contributed by atoms with van der Waals surface area (Å²) in [6.45, 7) is 2.78. The molecule has 2 rings (SSSR count). The van der Waals surface area contributed by atoms with Crippen LogP contribution in [0.5, 0.6) is 0 Å². The summed E-state index contributed by atoms with van der Waals surface area (Å²) in [6, 6.07) is 7.90. The van der Waals surface area contributed by atoms with E-state index in [1.165, 1.54) is 0 Å². The number of nitrogen functional groups attached to an aromatic ring is 1. The number of imidazole rings is 1. The number of para-hydroxylation sites is 1. The van der Waals surface area contributed by atoms with Crippen molar-refractivity contribution in [2.45, 2.75) is 13.5 Å². The number of rotatable bonds is 2. The first kappa shape index (κ1) is 16.5. The van der Waals surface area contributed by atoms with E-state index in [4.69, 9.17) is 20.7 Å². The number of aryl methyl sites for hydroxylation is 1. The number of nitrogens with zero attached hydrogens (tertiary/aromatic N) is 2. The Morgan fingerprint density at radius 3 is 2.42 bits per heavy atom. The molecule has 0 atom stereocenters. The highest BCUT2D eigenvalue weighted by molar-refractivity contribution is 5.53. The molecule has 2 aromatic rings. The molecule has 0 bridgehead atoms. The summed E-state index contributed by atoms with van der Waals surface area (Å²) >= 11 is 0. The van der Waals surface area contributed by atoms with E-state index in [1.54, 1.807) is 6.20 Å². The number of hydrogen-bond donors (Lipinski definition) is 3. The molecule has 0 fully saturated rings. The van der Waals surface area contributed by atoms with Crippen molar-refractivity contribution in [3.8, 4) is 0 Å². The van der Waals surface area contributed by atoms with Gasteiger partial charge in [-0.2, -0.15) is 0 Å². The van der Waals surface area contributed by atoms with Crippen molar-refractivity contribution >= 4 is 11.8 Å². The van der Waals surface area contributed by atoms with Gasteiger partial charge in [0, 0.05) is 18.1 Å². The minimum Gasteiger partial charge on any atom is -0.450 e. The van der Waals surface area contributed by atoms with Crippen LogP contribution in [0.15, 0.2) is 36.7 Å². The largest absolute Gasteiger partial charge is 0.503 e. The molecule has 1 heterocycles. The summed E-state index contributed by atoms with van der Waals surface area (Å²) in [7, 11) is 0. The highest BCUT2D eigenvalue weighted by Crippen LogP contribution is 2.12. The Balaban J connectivity index is 0.000000576. The molecular formula is C12H17N3O4. The number of benzene rings is 1. The first-order valence-electron chi connectivity index (χ1n) is 5.23. The van der Waals surface area contributed by atoms with E-state index in [1.807, 2.05) is 37.4 Å². The molecule has 7 heteroatoms. The van der Waals surface area contributed by atoms with Crippen LogP contribution in [-0.2, 0) is 6.54 Å². The van der Waals surface area contributed by atoms with Crippen LogP contribution in [0, 0.1) is 6.92 Å². The molecule has 104 valence electrons. The van der Waals surface area contributed by atoms with Crippen molar-refractivity contribution in [3.63, 3.8) is 0 Å². The number of nitrogens with two attached hydrogens (primary N) is 1. The third kappa shape index (κ3) is 5.55. The molecule has 19 heavy (non-hydrogen) atoms. The van der Waals surface area contributed by atoms with E-state index in [0.717, 1.165) is 23.6 Å². The third-order valence-electron chi connectivity index (χ3n) is 2.32. The lowest BCUT2D eigenvalue weighted by Gasteiger charge is -2.07. The molecule has 0 saturated heterocycles. The number of anilines is 1. The van der Waals surface area contributed by atoms with Gasteiger partial charge in [0.25, 0.3) is 0 Å². The van der Waals surface area contributed by atoms with Crippen LogP contribution in [0.2, 0.25) is 0 Å². The Kier molecular flexibility index (Phi) is 6.69. The molecule has 0 saturated carbocycles. The van der Waals surface area contributed by atoms with Crippen LogP contribution in [0.4, 0.5) is 10.5 Å². The zero-order chi connectivity index (χ0) is 13.5. The van der Waals surface area contributed by atoms with Crippen molar-refractivity contribution in [2.24, 2.45) is 0 Å². The quantitative estimate of drug-likeness (QED) is 0.703. The number of aromatic nitrogens is 2. The van der Waals surface area contributed by atoms with Crippen LogP contribution < -0.4 is 5.73 Å². The normalized spacial score (nSPS) is 8.89. The van der Waals surface area contributed by atoms with Gasteiger partial charge in [-0.3, -0.25) is 0 Å². The van der Waals surface area contributed by atoms with Crippen LogP contribution in [0.25, 0.3) is 0 Å². The molecule has 7 nitrogen and oxygen atoms in total. The maximum Gasteiger partial charge on any atom is 0.503 e. The van der Waals surface area contributed by atoms with Gasteiger partial charge in [-0.05, 0) is 18.6 Å². The van der Waals surface area contributed by atoms with Gasteiger partial charge in [-0.1, -0.05) is 18.2 Å². The Morgan fingerprint density at radius 1 is 1.37 bits per heavy atom. The Hall–Kier alpha value is -2.54. The number of carboxylic acid groups (broad SMARTS) is 2. The summed E-state index contributed by atoms with van der Waals surface area (Å²) in [5.74, 6) is 1.01. The monoisotopic (exact) mass is 267 g/mol. The summed E-state index contributed by atoms with van der Waals surface area (Å²) in [5.41, 5.74) is 7.82. The van der Waals surface area contributed by atoms with Gasteiger partial charge in [0.2, 0.25) is 0 Å². The van der Waals surface area contributed by atoms with Crippen molar-refractivity contribution < 1.29 is 20.5 Å². The fourth-order valence-electron chi connectivity index (χ4n) is 1.43. The van der Waals surface area contributed by atoms with Crippen molar-refractivity contribution in [1.82, 2.24) is 9.55 Å². The Labute approximate surface area is 110 Å². The molecule has 0 amide bonds. The van der Waals surface area contributed by atoms with Gasteiger partial charge >= 0.3 is 6.16 Å². The van der Waals surface area contributed by atoms with Gasteiger partial charge in [0.1, 0.15) is 5.82 Å². The molecule has 1 aromatic carbocycles. The SMILES string of the molecule is Cc1nccn1Cc1ccccc1N.O.O=C(O)O. The van der Waals surface area contributed by atoms with Crippen LogP contribution in [0.1, 0.15) is 11.4 Å². The lowest BCUT2D eigenvalue weighted by Crippen LogP contribution is -2.03. The van der Waals surface area contributed by atoms with Gasteiger partial charge in [0.05, 0.1) is 6.54 Å². The lowest BCUT2D eigenvalue weighted by molar-refractivity contribution is 0.137. The van der Waals surface area contributed by atoms with Crippen molar-refractivity contribution in [1.29, 1.82) is 0 Å². The second kappa shape index (κ2) is 7.72. The highest BCUT2D eigenvalue weighted by atomic mass is 16.6. The van der Waals surface area contributed by atoms with E-state index in [0.29, 0.717) is 0 Å². The molecule has 0 radical (unpaired) electrons. The molecule has 0 unspecified atom stereocenters. The Bertz CT molecular complexity index is 521. The first-order valence-corrected chi connectivity index (χ1v) is 5.23. The predicted octanol–water partition coefficient (Wildman–Crippen LogP) is 1.22. The average molecular weight is 267 g/mol. The smallest absolute Gasteiger partial charge is 0.450 e. The third-order valence-corrected chi connectivity index (χ3v) is 2.32. The minimum atomic E-state index is -1.83. The second-order valence-electron chi connectivity index (χ2n) is 3.58. The summed E-state index contributed by atoms with van der Waals surface area (Å²) in [4.78, 5) is 12.7. The van der Waals surface area contributed by atoms with E-state index in [-0.39, 0.29) is 5.48 Å². The van der Waals surface area contributed by atoms with Crippen LogP contribution in [0.3, 0.4) is 0 Å². The molecule has 0 aliphatic rings. The summed E-state index contributed by atoms with van der Waals surface area (Å²) in [6.07, 6.45) is 1.93. The van der Waals surface area contributed by atoms with Gasteiger partial charge in [-0.25, -0.2) is 9.78 Å². The topological polar surface area (TPSA) is 133 Å². The minimum absolute atomic E-state index is 0. The fourth-order valence-corrected chi connectivity index (χ4v) is 1.43. The maximum atomic E-state index is 8.56. The zero-order valence-electron chi connectivity index (χ0n) is 10.4. The van der Waals surface area contributed by atoms with Crippen molar-refractivity contribution in [2.75, 3.05) is 5.73 Å². The van der Waals surface area contributed by atoms with Gasteiger partial charge in [-0.15, -0.1) is 0 Å². The molecule has 0 spiro atoms. The van der Waals surface area contributed by atoms with E-state index in [9.17, 15) is 0 Å². The molecule has 0 aliphatic carbocycles. The maximum absolute atomic E-state index is 8.56. The first-order chi connectivity index (χ1) is 8.50. The molecular weight excluding hydrogens is 250 g/mol. The van der Waals surface area contributed by atoms with Gasteiger partial charge in [0.15, 0.2) is 0 Å². The van der Waals surface area contributed by atoms with Crippen molar-refractivity contribution in [3.05, 3.63) is 48.0 Å². The molecule has 0 aliphatic heterocycles. The highest BCUT2D eigenvalue weighted by Gasteiger charge is 2.00. The summed E-state index contributed by atoms with van der Waals surface area (Å²) < 4.78 is 2.08. The summed E-state index contributed by atoms with van der Waals surface area (Å²) in [5, 5.41) is 13.9. The molecule has 1 aromatic heterocycles. The van der Waals surface area contributed by atoms with Crippen LogP contribution in [-0.4, -0.2) is 31.4 Å². The number of carbonyl (C=O) groups is 1. The second-order valence-corrected chi connectivity index (χ2v) is 3.58. The van der Waals surface area contributed by atoms with Gasteiger partial charge < -0.3 is 26.0 Å². The standard InChI is InChI=1S/C11H13N3.CH2O3.H2O/c1-9-13-6-7-14(9)8-10-4-2-3-5-11(10)12;2-1(3)4;/h2-7H,8,12H2,1H3;(H2,2,3,4);1H2. The predicted molar refractivity (Wildman–Crippen MR) is 71.2 cm³/mol. The fraction of sp³-hybridized carbons (Fsp3) is 0.167. The van der Waals surface area contributed by atoms with E-state index < -0.39 is 6.16 Å². The molecule has 6 N–H and O–H groups in total. The van der Waals surface area contributed by atoms with E-state index in [2.05, 4.69) is 9.55 Å². The average Bonchev–Trinajstić information content (AvgIpc) is 2.67. The number of hydrogen-bond acceptors (Lipinski definition) is 3.